The SMILES string of the molecule is O=C(O)c1cccc2c1[nH]c(=O)n2CC1CSCCS1. The second kappa shape index (κ2) is 5.57. The molecule has 7 heteroatoms. The minimum Gasteiger partial charge on any atom is -0.478 e. The second-order valence-electron chi connectivity index (χ2n) is 4.61. The van der Waals surface area contributed by atoms with Crippen LogP contribution in [0.15, 0.2) is 23.0 Å². The summed E-state index contributed by atoms with van der Waals surface area (Å²) in [6, 6.07) is 4.98. The predicted octanol–water partition coefficient (Wildman–Crippen LogP) is 1.88. The van der Waals surface area contributed by atoms with Crippen LogP contribution in [0.3, 0.4) is 0 Å². The number of imidazole rings is 1. The maximum Gasteiger partial charge on any atom is 0.337 e. The lowest BCUT2D eigenvalue weighted by molar-refractivity contribution is 0.0699. The summed E-state index contributed by atoms with van der Waals surface area (Å²) in [7, 11) is 0. The Balaban J connectivity index is 2.02. The van der Waals surface area contributed by atoms with Gasteiger partial charge in [0.2, 0.25) is 0 Å². The number of rotatable bonds is 3. The number of carboxylic acids is 1. The lowest BCUT2D eigenvalue weighted by Gasteiger charge is -2.21. The van der Waals surface area contributed by atoms with Gasteiger partial charge in [0.1, 0.15) is 0 Å². The zero-order valence-electron chi connectivity index (χ0n) is 10.7. The number of nitrogens with zero attached hydrogens (tertiary/aromatic N) is 1. The molecule has 20 heavy (non-hydrogen) atoms. The highest BCUT2D eigenvalue weighted by molar-refractivity contribution is 8.06. The highest BCUT2D eigenvalue weighted by Crippen LogP contribution is 2.26. The van der Waals surface area contributed by atoms with E-state index in [9.17, 15) is 9.59 Å². The number of benzene rings is 1. The number of thioether (sulfide) groups is 2. The largest absolute Gasteiger partial charge is 0.478 e. The number of fused-ring (bicyclic) bond motifs is 1. The molecule has 0 amide bonds. The molecular formula is C13H14N2O3S2. The second-order valence-corrected chi connectivity index (χ2v) is 7.17. The standard InChI is InChI=1S/C13H14N2O3S2/c16-12(17)9-2-1-3-10-11(9)14-13(18)15(10)6-8-7-19-4-5-20-8/h1-3,8H,4-7H2,(H,14,18)(H,16,17). The molecule has 1 fully saturated rings. The molecule has 5 nitrogen and oxygen atoms in total. The topological polar surface area (TPSA) is 75.1 Å². The van der Waals surface area contributed by atoms with E-state index in [4.69, 9.17) is 5.11 Å². The van der Waals surface area contributed by atoms with Crippen LogP contribution in [-0.2, 0) is 6.54 Å². The number of nitrogens with one attached hydrogen (secondary N) is 1. The Morgan fingerprint density at radius 1 is 1.45 bits per heavy atom. The average Bonchev–Trinajstić information content (AvgIpc) is 2.76. The summed E-state index contributed by atoms with van der Waals surface area (Å²) in [6.45, 7) is 0.625. The quantitative estimate of drug-likeness (QED) is 0.905. The van der Waals surface area contributed by atoms with E-state index in [1.165, 1.54) is 6.07 Å². The Morgan fingerprint density at radius 2 is 2.30 bits per heavy atom. The van der Waals surface area contributed by atoms with E-state index in [2.05, 4.69) is 4.98 Å². The summed E-state index contributed by atoms with van der Waals surface area (Å²) in [5.74, 6) is 2.27. The monoisotopic (exact) mass is 310 g/mol. The highest BCUT2D eigenvalue weighted by Gasteiger charge is 2.19. The van der Waals surface area contributed by atoms with Crippen molar-refractivity contribution in [2.45, 2.75) is 11.8 Å². The average molecular weight is 310 g/mol. The minimum atomic E-state index is -1.02. The van der Waals surface area contributed by atoms with Gasteiger partial charge in [0.25, 0.3) is 0 Å². The van der Waals surface area contributed by atoms with Crippen LogP contribution in [0.5, 0.6) is 0 Å². The maximum atomic E-state index is 12.1. The third-order valence-electron chi connectivity index (χ3n) is 3.31. The van der Waals surface area contributed by atoms with Gasteiger partial charge in [0.15, 0.2) is 0 Å². The molecule has 1 saturated heterocycles. The van der Waals surface area contributed by atoms with Crippen LogP contribution in [0, 0.1) is 0 Å². The third-order valence-corrected chi connectivity index (χ3v) is 6.14. The van der Waals surface area contributed by atoms with Gasteiger partial charge in [0, 0.05) is 29.1 Å². The molecule has 1 aliphatic heterocycles. The number of aromatic carboxylic acids is 1. The van der Waals surface area contributed by atoms with Crippen LogP contribution in [0.1, 0.15) is 10.4 Å². The number of para-hydroxylation sites is 1. The molecule has 1 aliphatic rings. The zero-order chi connectivity index (χ0) is 14.1. The maximum absolute atomic E-state index is 12.1. The van der Waals surface area contributed by atoms with Crippen LogP contribution in [-0.4, -0.2) is 43.1 Å². The molecule has 0 aliphatic carbocycles. The first-order chi connectivity index (χ1) is 9.66. The van der Waals surface area contributed by atoms with Crippen LogP contribution in [0.2, 0.25) is 0 Å². The van der Waals surface area contributed by atoms with Gasteiger partial charge in [-0.15, -0.1) is 0 Å². The molecule has 2 N–H and O–H groups in total. The summed E-state index contributed by atoms with van der Waals surface area (Å²) in [4.78, 5) is 25.9. The van der Waals surface area contributed by atoms with Crippen LogP contribution in [0.4, 0.5) is 0 Å². The highest BCUT2D eigenvalue weighted by atomic mass is 32.2. The van der Waals surface area contributed by atoms with Crippen molar-refractivity contribution in [1.82, 2.24) is 9.55 Å². The van der Waals surface area contributed by atoms with E-state index < -0.39 is 5.97 Å². The summed E-state index contributed by atoms with van der Waals surface area (Å²) in [5, 5.41) is 9.57. The summed E-state index contributed by atoms with van der Waals surface area (Å²) in [5.41, 5.74) is 0.999. The Morgan fingerprint density at radius 3 is 3.00 bits per heavy atom. The Labute approximate surface area is 123 Å². The lowest BCUT2D eigenvalue weighted by atomic mass is 10.2. The molecule has 1 unspecified atom stereocenters. The number of aromatic amines is 1. The molecule has 1 aromatic carbocycles. The van der Waals surface area contributed by atoms with Crippen LogP contribution < -0.4 is 5.69 Å². The van der Waals surface area contributed by atoms with E-state index in [0.717, 1.165) is 17.3 Å². The molecule has 1 aromatic heterocycles. The van der Waals surface area contributed by atoms with Gasteiger partial charge in [-0.2, -0.15) is 23.5 Å². The number of carbonyl (C=O) groups is 1. The van der Waals surface area contributed by atoms with Crippen molar-refractivity contribution in [1.29, 1.82) is 0 Å². The van der Waals surface area contributed by atoms with E-state index in [-0.39, 0.29) is 11.3 Å². The van der Waals surface area contributed by atoms with Crippen molar-refractivity contribution < 1.29 is 9.90 Å². The van der Waals surface area contributed by atoms with Crippen molar-refractivity contribution in [3.05, 3.63) is 34.2 Å². The first kappa shape index (κ1) is 13.6. The zero-order valence-corrected chi connectivity index (χ0v) is 12.3. The molecule has 2 heterocycles. The minimum absolute atomic E-state index is 0.143. The van der Waals surface area contributed by atoms with Crippen molar-refractivity contribution >= 4 is 40.5 Å². The summed E-state index contributed by atoms with van der Waals surface area (Å²) < 4.78 is 1.66. The molecule has 1 atom stereocenters. The van der Waals surface area contributed by atoms with Crippen LogP contribution in [0.25, 0.3) is 11.0 Å². The van der Waals surface area contributed by atoms with E-state index in [1.807, 2.05) is 23.5 Å². The van der Waals surface area contributed by atoms with Gasteiger partial charge in [-0.1, -0.05) is 6.07 Å². The third kappa shape index (κ3) is 2.47. The van der Waals surface area contributed by atoms with Gasteiger partial charge in [-0.25, -0.2) is 9.59 Å². The first-order valence-electron chi connectivity index (χ1n) is 6.31. The summed E-state index contributed by atoms with van der Waals surface area (Å²) >= 11 is 3.78. The Bertz CT molecular complexity index is 701. The lowest BCUT2D eigenvalue weighted by Crippen LogP contribution is -2.26. The van der Waals surface area contributed by atoms with Gasteiger partial charge in [-0.05, 0) is 12.1 Å². The van der Waals surface area contributed by atoms with E-state index in [0.29, 0.717) is 22.8 Å². The first-order valence-corrected chi connectivity index (χ1v) is 8.51. The molecule has 2 aromatic rings. The molecule has 0 spiro atoms. The number of hydrogen-bond donors (Lipinski definition) is 2. The normalized spacial score (nSPS) is 19.3. The van der Waals surface area contributed by atoms with Gasteiger partial charge >= 0.3 is 11.7 Å². The smallest absolute Gasteiger partial charge is 0.337 e. The fraction of sp³-hybridized carbons (Fsp3) is 0.385. The van der Waals surface area contributed by atoms with Crippen LogP contribution >= 0.6 is 23.5 Å². The number of aromatic nitrogens is 2. The van der Waals surface area contributed by atoms with E-state index >= 15 is 0 Å². The van der Waals surface area contributed by atoms with Crippen molar-refractivity contribution in [3.8, 4) is 0 Å². The van der Waals surface area contributed by atoms with Gasteiger partial charge in [0.05, 0.1) is 16.6 Å². The van der Waals surface area contributed by atoms with Crippen molar-refractivity contribution in [3.63, 3.8) is 0 Å². The Hall–Kier alpha value is -1.34. The predicted molar refractivity (Wildman–Crippen MR) is 83.1 cm³/mol. The van der Waals surface area contributed by atoms with Gasteiger partial charge in [-0.3, -0.25) is 4.57 Å². The molecule has 0 saturated carbocycles. The summed E-state index contributed by atoms with van der Waals surface area (Å²) in [6.07, 6.45) is 0. The molecule has 3 rings (SSSR count). The van der Waals surface area contributed by atoms with Gasteiger partial charge < -0.3 is 10.1 Å². The number of carboxylic acid groups (broad SMARTS) is 1. The van der Waals surface area contributed by atoms with E-state index in [1.54, 1.807) is 16.7 Å². The number of hydrogen-bond acceptors (Lipinski definition) is 4. The molecule has 0 bridgehead atoms. The number of H-pyrrole nitrogens is 1. The fourth-order valence-electron chi connectivity index (χ4n) is 2.39. The molecular weight excluding hydrogens is 296 g/mol. The van der Waals surface area contributed by atoms with Crippen molar-refractivity contribution in [2.75, 3.05) is 17.3 Å². The molecule has 0 radical (unpaired) electrons. The van der Waals surface area contributed by atoms with Crippen molar-refractivity contribution in [2.24, 2.45) is 0 Å². The Kier molecular flexibility index (Phi) is 3.80. The fourth-order valence-corrected chi connectivity index (χ4v) is 5.04. The molecule has 106 valence electrons.